The lowest BCUT2D eigenvalue weighted by atomic mass is 10.1. The molecule has 1 amide bonds. The number of hydrogen-bond donors (Lipinski definition) is 1. The molecular formula is C26H23ClF3N3O3. The molecule has 0 spiro atoms. The van der Waals surface area contributed by atoms with Gasteiger partial charge in [-0.15, -0.1) is 0 Å². The van der Waals surface area contributed by atoms with Gasteiger partial charge in [-0.3, -0.25) is 9.48 Å². The molecule has 0 saturated carbocycles. The summed E-state index contributed by atoms with van der Waals surface area (Å²) in [5, 5.41) is 7.65. The van der Waals surface area contributed by atoms with Crippen molar-refractivity contribution < 1.29 is 27.1 Å². The van der Waals surface area contributed by atoms with Crippen LogP contribution in [-0.4, -0.2) is 15.7 Å². The van der Waals surface area contributed by atoms with Crippen LogP contribution in [0, 0.1) is 20.8 Å². The average Bonchev–Trinajstić information content (AvgIpc) is 3.39. The highest BCUT2D eigenvalue weighted by Crippen LogP contribution is 2.31. The zero-order chi connectivity index (χ0) is 26.0. The number of amides is 1. The maximum Gasteiger partial charge on any atom is 0.416 e. The van der Waals surface area contributed by atoms with E-state index in [-0.39, 0.29) is 18.9 Å². The lowest BCUT2D eigenvalue weighted by Crippen LogP contribution is -2.13. The van der Waals surface area contributed by atoms with Crippen LogP contribution in [0.3, 0.4) is 0 Å². The predicted octanol–water partition coefficient (Wildman–Crippen LogP) is 6.95. The van der Waals surface area contributed by atoms with Crippen molar-refractivity contribution in [2.75, 3.05) is 5.32 Å². The van der Waals surface area contributed by atoms with Gasteiger partial charge in [-0.05, 0) is 62.2 Å². The molecule has 2 aromatic heterocycles. The molecule has 0 aliphatic heterocycles. The van der Waals surface area contributed by atoms with E-state index >= 15 is 0 Å². The van der Waals surface area contributed by atoms with Gasteiger partial charge in [-0.2, -0.15) is 18.3 Å². The first kappa shape index (κ1) is 25.4. The van der Waals surface area contributed by atoms with Gasteiger partial charge in [0.1, 0.15) is 18.1 Å². The minimum absolute atomic E-state index is 0.0777. The van der Waals surface area contributed by atoms with Gasteiger partial charge in [0.15, 0.2) is 5.76 Å². The second kappa shape index (κ2) is 10.1. The van der Waals surface area contributed by atoms with Gasteiger partial charge in [-0.1, -0.05) is 35.9 Å². The summed E-state index contributed by atoms with van der Waals surface area (Å²) in [4.78, 5) is 12.8. The summed E-state index contributed by atoms with van der Waals surface area (Å²) in [6.45, 7) is 5.52. The largest absolute Gasteiger partial charge is 0.484 e. The molecule has 4 aromatic rings. The number of furan rings is 1. The molecular weight excluding hydrogens is 495 g/mol. The topological polar surface area (TPSA) is 69.3 Å². The minimum atomic E-state index is -4.43. The van der Waals surface area contributed by atoms with E-state index in [1.807, 2.05) is 19.1 Å². The Morgan fingerprint density at radius 1 is 1.11 bits per heavy atom. The van der Waals surface area contributed by atoms with Crippen LogP contribution in [-0.2, 0) is 19.3 Å². The number of rotatable bonds is 7. The SMILES string of the molecule is Cc1cccc(Cl)c1OCc1ccc(C(=O)Nc2c(C)nn(Cc3cccc(C(F)(F)F)c3)c2C)o1. The van der Waals surface area contributed by atoms with Crippen LogP contribution in [0.15, 0.2) is 59.0 Å². The van der Waals surface area contributed by atoms with Crippen molar-refractivity contribution in [2.24, 2.45) is 0 Å². The van der Waals surface area contributed by atoms with E-state index in [0.29, 0.717) is 39.2 Å². The number of halogens is 4. The Balaban J connectivity index is 1.44. The highest BCUT2D eigenvalue weighted by molar-refractivity contribution is 6.32. The fraction of sp³-hybridized carbons (Fsp3) is 0.231. The summed E-state index contributed by atoms with van der Waals surface area (Å²) in [6.07, 6.45) is -4.43. The quantitative estimate of drug-likeness (QED) is 0.288. The number of alkyl halides is 3. The maximum absolute atomic E-state index is 13.0. The number of carbonyl (C=O) groups is 1. The first-order chi connectivity index (χ1) is 17.0. The number of aryl methyl sites for hydroxylation is 2. The molecule has 0 fully saturated rings. The Bertz CT molecular complexity index is 1390. The average molecular weight is 518 g/mol. The molecule has 0 unspecified atom stereocenters. The molecule has 0 saturated heterocycles. The van der Waals surface area contributed by atoms with Gasteiger partial charge in [0, 0.05) is 0 Å². The van der Waals surface area contributed by atoms with Crippen molar-refractivity contribution in [3.8, 4) is 5.75 Å². The van der Waals surface area contributed by atoms with Crippen LogP contribution in [0.5, 0.6) is 5.75 Å². The van der Waals surface area contributed by atoms with E-state index in [1.165, 1.54) is 12.1 Å². The number of anilines is 1. The summed E-state index contributed by atoms with van der Waals surface area (Å²) in [7, 11) is 0. The fourth-order valence-corrected chi connectivity index (χ4v) is 4.02. The monoisotopic (exact) mass is 517 g/mol. The van der Waals surface area contributed by atoms with Gasteiger partial charge in [-0.25, -0.2) is 0 Å². The smallest absolute Gasteiger partial charge is 0.416 e. The molecule has 6 nitrogen and oxygen atoms in total. The third kappa shape index (κ3) is 5.57. The van der Waals surface area contributed by atoms with Crippen LogP contribution >= 0.6 is 11.6 Å². The number of ether oxygens (including phenoxy) is 1. The maximum atomic E-state index is 13.0. The van der Waals surface area contributed by atoms with E-state index in [2.05, 4.69) is 10.4 Å². The van der Waals surface area contributed by atoms with Crippen molar-refractivity contribution in [2.45, 2.75) is 40.1 Å². The zero-order valence-electron chi connectivity index (χ0n) is 19.7. The molecule has 4 rings (SSSR count). The van der Waals surface area contributed by atoms with Crippen molar-refractivity contribution in [3.05, 3.63) is 99.2 Å². The van der Waals surface area contributed by atoms with Gasteiger partial charge in [0.2, 0.25) is 0 Å². The summed E-state index contributed by atoms with van der Waals surface area (Å²) in [5.41, 5.74) is 2.18. The Labute approximate surface area is 210 Å². The minimum Gasteiger partial charge on any atom is -0.484 e. The summed E-state index contributed by atoms with van der Waals surface area (Å²) >= 11 is 6.17. The first-order valence-electron chi connectivity index (χ1n) is 11.0. The van der Waals surface area contributed by atoms with Crippen molar-refractivity contribution in [3.63, 3.8) is 0 Å². The van der Waals surface area contributed by atoms with Crippen LogP contribution < -0.4 is 10.1 Å². The van der Waals surface area contributed by atoms with Crippen LogP contribution in [0.2, 0.25) is 5.02 Å². The number of nitrogens with one attached hydrogen (secondary N) is 1. The molecule has 0 radical (unpaired) electrons. The van der Waals surface area contributed by atoms with Crippen LogP contribution in [0.4, 0.5) is 18.9 Å². The molecule has 0 aliphatic carbocycles. The molecule has 0 atom stereocenters. The highest BCUT2D eigenvalue weighted by atomic mass is 35.5. The van der Waals surface area contributed by atoms with Crippen molar-refractivity contribution in [1.29, 1.82) is 0 Å². The number of carbonyl (C=O) groups excluding carboxylic acids is 1. The summed E-state index contributed by atoms with van der Waals surface area (Å²) in [6, 6.07) is 13.7. The molecule has 2 aromatic carbocycles. The lowest BCUT2D eigenvalue weighted by Gasteiger charge is -2.10. The van der Waals surface area contributed by atoms with Crippen LogP contribution in [0.1, 0.15) is 44.4 Å². The standard InChI is InChI=1S/C26H23ClF3N3O3/c1-15-6-4-9-21(27)24(15)35-14-20-10-11-22(36-20)25(34)31-23-16(2)32-33(17(23)3)13-18-7-5-8-19(12-18)26(28,29)30/h4-12H,13-14H2,1-3H3,(H,31,34). The molecule has 10 heteroatoms. The Morgan fingerprint density at radius 2 is 1.86 bits per heavy atom. The van der Waals surface area contributed by atoms with Gasteiger partial charge in [0.25, 0.3) is 5.91 Å². The van der Waals surface area contributed by atoms with E-state index in [9.17, 15) is 18.0 Å². The number of nitrogens with zero attached hydrogens (tertiary/aromatic N) is 2. The van der Waals surface area contributed by atoms with E-state index in [1.54, 1.807) is 36.7 Å². The highest BCUT2D eigenvalue weighted by Gasteiger charge is 2.30. The van der Waals surface area contributed by atoms with Gasteiger partial charge in [0.05, 0.1) is 34.2 Å². The van der Waals surface area contributed by atoms with E-state index in [4.69, 9.17) is 20.8 Å². The molecule has 36 heavy (non-hydrogen) atoms. The van der Waals surface area contributed by atoms with Gasteiger partial charge >= 0.3 is 6.18 Å². The normalized spacial score (nSPS) is 11.5. The number of benzene rings is 2. The Morgan fingerprint density at radius 3 is 2.58 bits per heavy atom. The fourth-order valence-electron chi connectivity index (χ4n) is 3.75. The van der Waals surface area contributed by atoms with Crippen molar-refractivity contribution >= 4 is 23.2 Å². The van der Waals surface area contributed by atoms with E-state index in [0.717, 1.165) is 17.7 Å². The lowest BCUT2D eigenvalue weighted by molar-refractivity contribution is -0.137. The first-order valence-corrected chi connectivity index (χ1v) is 11.4. The molecule has 1 N–H and O–H groups in total. The summed E-state index contributed by atoms with van der Waals surface area (Å²) < 4.78 is 52.0. The predicted molar refractivity (Wildman–Crippen MR) is 129 cm³/mol. The number of para-hydroxylation sites is 1. The Kier molecular flexibility index (Phi) is 7.12. The summed E-state index contributed by atoms with van der Waals surface area (Å²) in [5.74, 6) is 0.572. The third-order valence-corrected chi connectivity index (χ3v) is 5.91. The Hall–Kier alpha value is -3.72. The van der Waals surface area contributed by atoms with Gasteiger partial charge < -0.3 is 14.5 Å². The van der Waals surface area contributed by atoms with Crippen molar-refractivity contribution in [1.82, 2.24) is 9.78 Å². The molecule has 2 heterocycles. The zero-order valence-corrected chi connectivity index (χ0v) is 20.5. The van der Waals surface area contributed by atoms with Crippen LogP contribution in [0.25, 0.3) is 0 Å². The second-order valence-electron chi connectivity index (χ2n) is 8.30. The number of aromatic nitrogens is 2. The molecule has 0 aliphatic rings. The molecule has 0 bridgehead atoms. The second-order valence-corrected chi connectivity index (χ2v) is 8.70. The van der Waals surface area contributed by atoms with E-state index < -0.39 is 17.6 Å². The molecule has 188 valence electrons. The number of hydrogen-bond acceptors (Lipinski definition) is 4. The third-order valence-electron chi connectivity index (χ3n) is 5.61.